The molecular formula is C69H126O6. The number of allylic oxidation sites excluding steroid dienone is 8. The van der Waals surface area contributed by atoms with E-state index in [1.807, 2.05) is 0 Å². The molecule has 0 aromatic rings. The first kappa shape index (κ1) is 72.4. The molecule has 1 atom stereocenters. The van der Waals surface area contributed by atoms with E-state index >= 15 is 0 Å². The van der Waals surface area contributed by atoms with Crippen LogP contribution in [0.3, 0.4) is 0 Å². The van der Waals surface area contributed by atoms with Gasteiger partial charge < -0.3 is 14.2 Å². The van der Waals surface area contributed by atoms with Crippen LogP contribution in [-0.2, 0) is 28.6 Å². The molecule has 0 heterocycles. The molecule has 438 valence electrons. The maximum absolute atomic E-state index is 12.9. The molecule has 0 aliphatic rings. The van der Waals surface area contributed by atoms with E-state index in [1.165, 1.54) is 238 Å². The average Bonchev–Trinajstić information content (AvgIpc) is 3.41. The summed E-state index contributed by atoms with van der Waals surface area (Å²) in [4.78, 5) is 38.4. The third-order valence-electron chi connectivity index (χ3n) is 14.8. The van der Waals surface area contributed by atoms with Gasteiger partial charge in [0.1, 0.15) is 13.2 Å². The van der Waals surface area contributed by atoms with E-state index in [-0.39, 0.29) is 31.1 Å². The largest absolute Gasteiger partial charge is 0.462 e. The average molecular weight is 1050 g/mol. The standard InChI is InChI=1S/C69H126O6/c1-4-7-10-13-16-19-22-25-28-31-33-34-36-38-41-44-47-50-53-56-59-62-68(71)74-65-66(64-73-67(70)61-58-55-52-49-46-43-40-37-30-27-24-21-18-15-12-9-6-3)75-69(72)63-60-57-54-51-48-45-42-39-35-32-29-26-23-20-17-14-11-8-5-2/h17-18,20-21,26-27,29-30,66H,4-16,19,22-25,28,31-65H2,1-3H3/b20-17-,21-18-,29-26-,30-27-. The summed E-state index contributed by atoms with van der Waals surface area (Å²) in [6.07, 6.45) is 79.7. The number of rotatable bonds is 61. The molecule has 6 heteroatoms. The Labute approximate surface area is 467 Å². The Kier molecular flexibility index (Phi) is 61.7. The Morgan fingerprint density at radius 3 is 0.760 bits per heavy atom. The predicted molar refractivity (Wildman–Crippen MR) is 325 cm³/mol. The highest BCUT2D eigenvalue weighted by Crippen LogP contribution is 2.18. The van der Waals surface area contributed by atoms with Crippen molar-refractivity contribution in [2.75, 3.05) is 13.2 Å². The molecule has 6 nitrogen and oxygen atoms in total. The molecule has 0 aliphatic carbocycles. The van der Waals surface area contributed by atoms with Gasteiger partial charge in [-0.1, -0.05) is 301 Å². The van der Waals surface area contributed by atoms with Gasteiger partial charge in [0.25, 0.3) is 0 Å². The fourth-order valence-corrected chi connectivity index (χ4v) is 9.80. The maximum atomic E-state index is 12.9. The number of carbonyl (C=O) groups is 3. The topological polar surface area (TPSA) is 78.9 Å². The lowest BCUT2D eigenvalue weighted by atomic mass is 10.0. The van der Waals surface area contributed by atoms with E-state index in [1.54, 1.807) is 0 Å². The molecule has 0 saturated carbocycles. The zero-order valence-electron chi connectivity index (χ0n) is 50.3. The molecule has 0 radical (unpaired) electrons. The van der Waals surface area contributed by atoms with Crippen molar-refractivity contribution >= 4 is 17.9 Å². The summed E-state index contributed by atoms with van der Waals surface area (Å²) in [5.74, 6) is -0.862. The Morgan fingerprint density at radius 1 is 0.267 bits per heavy atom. The van der Waals surface area contributed by atoms with E-state index in [2.05, 4.69) is 69.4 Å². The molecule has 0 rings (SSSR count). The molecule has 0 bridgehead atoms. The van der Waals surface area contributed by atoms with E-state index in [0.717, 1.165) is 77.0 Å². The molecule has 1 unspecified atom stereocenters. The maximum Gasteiger partial charge on any atom is 0.306 e. The van der Waals surface area contributed by atoms with Crippen molar-refractivity contribution in [3.63, 3.8) is 0 Å². The first-order valence-corrected chi connectivity index (χ1v) is 33.1. The number of carbonyl (C=O) groups excluding carboxylic acids is 3. The monoisotopic (exact) mass is 1050 g/mol. The molecule has 0 aromatic carbocycles. The SMILES string of the molecule is CCCCC/C=C\C/C=C\CCCCCCCCCCCC(=O)OC(COC(=O)CCCCCCCCC/C=C\C/C=C\CCCCC)COC(=O)CCCCCCCCCCCCCCCCCCCCCCC. The fraction of sp³-hybridized carbons (Fsp3) is 0.841. The Morgan fingerprint density at radius 2 is 0.480 bits per heavy atom. The van der Waals surface area contributed by atoms with Crippen molar-refractivity contribution in [3.05, 3.63) is 48.6 Å². The Bertz CT molecular complexity index is 1300. The summed E-state index contributed by atoms with van der Waals surface area (Å²) in [5.41, 5.74) is 0. The number of ether oxygens (including phenoxy) is 3. The minimum atomic E-state index is -0.778. The second kappa shape index (κ2) is 63.9. The molecular weight excluding hydrogens is 925 g/mol. The van der Waals surface area contributed by atoms with Gasteiger partial charge >= 0.3 is 17.9 Å². The predicted octanol–water partition coefficient (Wildman–Crippen LogP) is 22.6. The lowest BCUT2D eigenvalue weighted by Gasteiger charge is -2.18. The van der Waals surface area contributed by atoms with E-state index in [0.29, 0.717) is 19.3 Å². The second-order valence-electron chi connectivity index (χ2n) is 22.4. The molecule has 0 amide bonds. The summed E-state index contributed by atoms with van der Waals surface area (Å²) in [5, 5.41) is 0. The fourth-order valence-electron chi connectivity index (χ4n) is 9.80. The van der Waals surface area contributed by atoms with Crippen LogP contribution in [0.15, 0.2) is 48.6 Å². The third-order valence-corrected chi connectivity index (χ3v) is 14.8. The number of unbranched alkanes of at least 4 members (excludes halogenated alkanes) is 42. The highest BCUT2D eigenvalue weighted by atomic mass is 16.6. The van der Waals surface area contributed by atoms with E-state index in [9.17, 15) is 14.4 Å². The molecule has 0 fully saturated rings. The zero-order chi connectivity index (χ0) is 54.3. The van der Waals surface area contributed by atoms with Gasteiger partial charge in [-0.05, 0) is 83.5 Å². The first-order chi connectivity index (χ1) is 37.0. The zero-order valence-corrected chi connectivity index (χ0v) is 50.3. The molecule has 75 heavy (non-hydrogen) atoms. The normalized spacial score (nSPS) is 12.3. The van der Waals surface area contributed by atoms with Crippen molar-refractivity contribution in [3.8, 4) is 0 Å². The van der Waals surface area contributed by atoms with Crippen molar-refractivity contribution in [2.24, 2.45) is 0 Å². The van der Waals surface area contributed by atoms with Gasteiger partial charge in [-0.15, -0.1) is 0 Å². The van der Waals surface area contributed by atoms with Crippen LogP contribution >= 0.6 is 0 Å². The minimum Gasteiger partial charge on any atom is -0.462 e. The number of hydrogen-bond donors (Lipinski definition) is 0. The first-order valence-electron chi connectivity index (χ1n) is 33.1. The molecule has 0 N–H and O–H groups in total. The Balaban J connectivity index is 4.34. The molecule has 0 saturated heterocycles. The summed E-state index contributed by atoms with van der Waals surface area (Å²) in [7, 11) is 0. The summed E-state index contributed by atoms with van der Waals surface area (Å²) in [6.45, 7) is 6.64. The van der Waals surface area contributed by atoms with Gasteiger partial charge in [-0.25, -0.2) is 0 Å². The van der Waals surface area contributed by atoms with Gasteiger partial charge in [0.2, 0.25) is 0 Å². The lowest BCUT2D eigenvalue weighted by molar-refractivity contribution is -0.167. The second-order valence-corrected chi connectivity index (χ2v) is 22.4. The van der Waals surface area contributed by atoms with Gasteiger partial charge in [0.15, 0.2) is 6.10 Å². The smallest absolute Gasteiger partial charge is 0.306 e. The van der Waals surface area contributed by atoms with Crippen molar-refractivity contribution in [2.45, 2.75) is 361 Å². The van der Waals surface area contributed by atoms with Crippen LogP contribution < -0.4 is 0 Å². The van der Waals surface area contributed by atoms with Gasteiger partial charge in [-0.2, -0.15) is 0 Å². The van der Waals surface area contributed by atoms with Crippen LogP contribution in [0.5, 0.6) is 0 Å². The van der Waals surface area contributed by atoms with Crippen LogP contribution in [0.25, 0.3) is 0 Å². The van der Waals surface area contributed by atoms with Crippen LogP contribution in [-0.4, -0.2) is 37.2 Å². The third kappa shape index (κ3) is 62.1. The van der Waals surface area contributed by atoms with Crippen LogP contribution in [0.4, 0.5) is 0 Å². The summed E-state index contributed by atoms with van der Waals surface area (Å²) < 4.78 is 17.0. The molecule has 0 aromatic heterocycles. The highest BCUT2D eigenvalue weighted by Gasteiger charge is 2.19. The van der Waals surface area contributed by atoms with Crippen LogP contribution in [0, 0.1) is 0 Å². The molecule has 0 aliphatic heterocycles. The van der Waals surface area contributed by atoms with Gasteiger partial charge in [0, 0.05) is 19.3 Å². The van der Waals surface area contributed by atoms with Crippen LogP contribution in [0.2, 0.25) is 0 Å². The molecule has 0 spiro atoms. The number of hydrogen-bond acceptors (Lipinski definition) is 6. The van der Waals surface area contributed by atoms with Gasteiger partial charge in [0.05, 0.1) is 0 Å². The lowest BCUT2D eigenvalue weighted by Crippen LogP contribution is -2.30. The Hall–Kier alpha value is -2.63. The summed E-state index contributed by atoms with van der Waals surface area (Å²) in [6, 6.07) is 0. The van der Waals surface area contributed by atoms with Crippen LogP contribution in [0.1, 0.15) is 355 Å². The number of esters is 3. The van der Waals surface area contributed by atoms with Crippen molar-refractivity contribution in [1.29, 1.82) is 0 Å². The van der Waals surface area contributed by atoms with E-state index < -0.39 is 6.10 Å². The van der Waals surface area contributed by atoms with Crippen molar-refractivity contribution in [1.82, 2.24) is 0 Å². The van der Waals surface area contributed by atoms with E-state index in [4.69, 9.17) is 14.2 Å². The summed E-state index contributed by atoms with van der Waals surface area (Å²) >= 11 is 0. The van der Waals surface area contributed by atoms with Gasteiger partial charge in [-0.3, -0.25) is 14.4 Å². The highest BCUT2D eigenvalue weighted by molar-refractivity contribution is 5.71. The quantitative estimate of drug-likeness (QED) is 0.0261. The van der Waals surface area contributed by atoms with Crippen molar-refractivity contribution < 1.29 is 28.6 Å². The minimum absolute atomic E-state index is 0.0735.